The number of hydrogen-bond acceptors (Lipinski definition) is 4. The molecule has 1 aliphatic rings. The number of nitrogens with one attached hydrogen (secondary N) is 1. The summed E-state index contributed by atoms with van der Waals surface area (Å²) in [6.07, 6.45) is 3.54. The van der Waals surface area contributed by atoms with Crippen molar-refractivity contribution in [2.24, 2.45) is 7.05 Å². The molecule has 2 N–H and O–H groups in total. The average molecular weight is 196 g/mol. The Morgan fingerprint density at radius 3 is 3.00 bits per heavy atom. The Balaban J connectivity index is 1.66. The number of nitrogens with zero attached hydrogens (tertiary/aromatic N) is 3. The molecule has 1 aromatic rings. The number of aromatic nitrogens is 2. The van der Waals surface area contributed by atoms with E-state index in [4.69, 9.17) is 5.11 Å². The van der Waals surface area contributed by atoms with Gasteiger partial charge in [-0.1, -0.05) is 0 Å². The van der Waals surface area contributed by atoms with Crippen LogP contribution in [0.15, 0.2) is 12.5 Å². The fraction of sp³-hybridized carbons (Fsp3) is 0.667. The van der Waals surface area contributed by atoms with Crippen molar-refractivity contribution < 1.29 is 5.11 Å². The van der Waals surface area contributed by atoms with Gasteiger partial charge < -0.3 is 9.67 Å². The highest BCUT2D eigenvalue weighted by Gasteiger charge is 2.23. The second-order valence-electron chi connectivity index (χ2n) is 3.77. The largest absolute Gasteiger partial charge is 0.390 e. The first-order chi connectivity index (χ1) is 6.75. The molecule has 0 atom stereocenters. The number of rotatable bonds is 4. The Bertz CT molecular complexity index is 293. The summed E-state index contributed by atoms with van der Waals surface area (Å²) in [6, 6.07) is 0. The van der Waals surface area contributed by atoms with Crippen molar-refractivity contribution in [2.45, 2.75) is 12.6 Å². The molecule has 0 amide bonds. The lowest BCUT2D eigenvalue weighted by Gasteiger charge is -2.35. The van der Waals surface area contributed by atoms with Crippen LogP contribution >= 0.6 is 0 Å². The maximum Gasteiger partial charge on any atom is 0.0945 e. The van der Waals surface area contributed by atoms with E-state index in [1.807, 2.05) is 17.8 Å². The van der Waals surface area contributed by atoms with Crippen molar-refractivity contribution in [3.63, 3.8) is 0 Å². The van der Waals surface area contributed by atoms with Crippen LogP contribution in [0.5, 0.6) is 0 Å². The van der Waals surface area contributed by atoms with Gasteiger partial charge in [0.1, 0.15) is 0 Å². The molecule has 0 spiro atoms. The molecule has 1 fully saturated rings. The molecular formula is C9H16N4O. The number of hydrogen-bond donors (Lipinski definition) is 2. The molecular weight excluding hydrogens is 180 g/mol. The molecule has 0 unspecified atom stereocenters. The Morgan fingerprint density at radius 1 is 1.64 bits per heavy atom. The third-order valence-corrected chi connectivity index (χ3v) is 2.50. The summed E-state index contributed by atoms with van der Waals surface area (Å²) < 4.78 is 2.00. The molecule has 78 valence electrons. The van der Waals surface area contributed by atoms with Crippen LogP contribution in [0.1, 0.15) is 5.69 Å². The Kier molecular flexibility index (Phi) is 2.81. The Hall–Kier alpha value is -0.910. The minimum absolute atomic E-state index is 0.117. The van der Waals surface area contributed by atoms with Gasteiger partial charge in [0, 0.05) is 39.5 Å². The van der Waals surface area contributed by atoms with E-state index >= 15 is 0 Å². The summed E-state index contributed by atoms with van der Waals surface area (Å²) in [5, 5.41) is 12.4. The van der Waals surface area contributed by atoms with E-state index in [1.165, 1.54) is 5.69 Å². The summed E-state index contributed by atoms with van der Waals surface area (Å²) in [6.45, 7) is 3.24. The monoisotopic (exact) mass is 196 g/mol. The second-order valence-corrected chi connectivity index (χ2v) is 3.77. The topological polar surface area (TPSA) is 53.3 Å². The zero-order valence-corrected chi connectivity index (χ0v) is 8.35. The highest BCUT2D eigenvalue weighted by molar-refractivity contribution is 4.96. The molecule has 1 aromatic heterocycles. The number of aryl methyl sites for hydroxylation is 1. The van der Waals surface area contributed by atoms with E-state index in [-0.39, 0.29) is 6.10 Å². The molecule has 14 heavy (non-hydrogen) atoms. The van der Waals surface area contributed by atoms with Crippen LogP contribution < -0.4 is 5.32 Å². The predicted octanol–water partition coefficient (Wildman–Crippen LogP) is -0.856. The predicted molar refractivity (Wildman–Crippen MR) is 52.5 cm³/mol. The minimum atomic E-state index is -0.117. The lowest BCUT2D eigenvalue weighted by Crippen LogP contribution is -2.53. The van der Waals surface area contributed by atoms with E-state index in [0.29, 0.717) is 0 Å². The molecule has 1 aliphatic heterocycles. The number of imidazole rings is 1. The van der Waals surface area contributed by atoms with Crippen LogP contribution in [0.4, 0.5) is 0 Å². The smallest absolute Gasteiger partial charge is 0.0945 e. The van der Waals surface area contributed by atoms with E-state index in [9.17, 15) is 0 Å². The first-order valence-electron chi connectivity index (χ1n) is 4.82. The Labute approximate surface area is 83.4 Å². The molecule has 2 heterocycles. The van der Waals surface area contributed by atoms with Crippen molar-refractivity contribution in [1.29, 1.82) is 0 Å². The fourth-order valence-electron chi connectivity index (χ4n) is 1.57. The average Bonchev–Trinajstić information content (AvgIpc) is 2.49. The van der Waals surface area contributed by atoms with Crippen LogP contribution in [-0.4, -0.2) is 45.4 Å². The lowest BCUT2D eigenvalue weighted by molar-refractivity contribution is -0.00266. The van der Waals surface area contributed by atoms with Gasteiger partial charge in [0.2, 0.25) is 0 Å². The normalized spacial score (nSPS) is 18.4. The van der Waals surface area contributed by atoms with Crippen LogP contribution in [0.3, 0.4) is 0 Å². The van der Waals surface area contributed by atoms with E-state index in [1.54, 1.807) is 6.33 Å². The summed E-state index contributed by atoms with van der Waals surface area (Å²) >= 11 is 0. The van der Waals surface area contributed by atoms with Gasteiger partial charge >= 0.3 is 0 Å². The maximum atomic E-state index is 9.06. The van der Waals surface area contributed by atoms with Gasteiger partial charge in [-0.3, -0.25) is 10.2 Å². The quantitative estimate of drug-likeness (QED) is 0.658. The second kappa shape index (κ2) is 4.08. The third-order valence-electron chi connectivity index (χ3n) is 2.50. The number of aliphatic hydroxyl groups excluding tert-OH is 1. The molecule has 0 radical (unpaired) electrons. The van der Waals surface area contributed by atoms with E-state index in [0.717, 1.165) is 26.3 Å². The third kappa shape index (κ3) is 2.12. The highest BCUT2D eigenvalue weighted by atomic mass is 16.3. The van der Waals surface area contributed by atoms with Gasteiger partial charge in [0.25, 0.3) is 0 Å². The van der Waals surface area contributed by atoms with Crippen LogP contribution in [0.2, 0.25) is 0 Å². The van der Waals surface area contributed by atoms with Crippen molar-refractivity contribution in [1.82, 2.24) is 19.8 Å². The van der Waals surface area contributed by atoms with Crippen molar-refractivity contribution >= 4 is 0 Å². The van der Waals surface area contributed by atoms with Gasteiger partial charge in [-0.25, -0.2) is 4.98 Å². The van der Waals surface area contributed by atoms with E-state index < -0.39 is 0 Å². The van der Waals surface area contributed by atoms with Gasteiger partial charge in [-0.15, -0.1) is 0 Å². The van der Waals surface area contributed by atoms with Gasteiger partial charge in [-0.05, 0) is 0 Å². The van der Waals surface area contributed by atoms with E-state index in [2.05, 4.69) is 15.2 Å². The van der Waals surface area contributed by atoms with Crippen LogP contribution in [-0.2, 0) is 13.6 Å². The number of β-amino-alcohol motifs (C(OH)–C–C–N with tert-alkyl or cyclic N) is 1. The molecule has 0 aliphatic carbocycles. The van der Waals surface area contributed by atoms with Gasteiger partial charge in [0.05, 0.1) is 18.1 Å². The molecule has 5 heteroatoms. The van der Waals surface area contributed by atoms with Crippen molar-refractivity contribution in [2.75, 3.05) is 19.8 Å². The Morgan fingerprint density at radius 2 is 2.43 bits per heavy atom. The van der Waals surface area contributed by atoms with Crippen molar-refractivity contribution in [3.8, 4) is 0 Å². The van der Waals surface area contributed by atoms with Crippen molar-refractivity contribution in [3.05, 3.63) is 18.2 Å². The molecule has 0 aromatic carbocycles. The zero-order valence-electron chi connectivity index (χ0n) is 8.35. The molecule has 1 saturated heterocycles. The molecule has 0 bridgehead atoms. The summed E-state index contributed by atoms with van der Waals surface area (Å²) in [5.41, 5.74) is 1.17. The van der Waals surface area contributed by atoms with Crippen LogP contribution in [0.25, 0.3) is 0 Å². The first-order valence-corrected chi connectivity index (χ1v) is 4.82. The minimum Gasteiger partial charge on any atom is -0.390 e. The summed E-state index contributed by atoms with van der Waals surface area (Å²) in [4.78, 5) is 6.20. The lowest BCUT2D eigenvalue weighted by atomic mass is 10.2. The molecule has 5 nitrogen and oxygen atoms in total. The van der Waals surface area contributed by atoms with Crippen LogP contribution in [0, 0.1) is 0 Å². The zero-order chi connectivity index (χ0) is 9.97. The molecule has 0 saturated carbocycles. The number of likely N-dealkylation sites (tertiary alicyclic amines) is 1. The van der Waals surface area contributed by atoms with Gasteiger partial charge in [0.15, 0.2) is 0 Å². The first kappa shape index (κ1) is 9.64. The highest BCUT2D eigenvalue weighted by Crippen LogP contribution is 2.04. The standard InChI is InChI=1S/C9H16N4O/c1-12-6-10-2-8(12)3-11-7-13-4-9(14)5-13/h2,6,9,11,14H,3-5,7H2,1H3. The maximum absolute atomic E-state index is 9.06. The summed E-state index contributed by atoms with van der Waals surface area (Å²) in [7, 11) is 1.98. The molecule has 2 rings (SSSR count). The van der Waals surface area contributed by atoms with Gasteiger partial charge in [-0.2, -0.15) is 0 Å². The number of aliphatic hydroxyl groups is 1. The SMILES string of the molecule is Cn1cncc1CNCN1CC(O)C1. The summed E-state index contributed by atoms with van der Waals surface area (Å²) in [5.74, 6) is 0. The fourth-order valence-corrected chi connectivity index (χ4v) is 1.57.